The fourth-order valence-corrected chi connectivity index (χ4v) is 2.41. The number of halogens is 1. The summed E-state index contributed by atoms with van der Waals surface area (Å²) in [6.07, 6.45) is 0.454. The lowest BCUT2D eigenvalue weighted by Crippen LogP contribution is -2.57. The first kappa shape index (κ1) is 12.6. The zero-order chi connectivity index (χ0) is 12.3. The van der Waals surface area contributed by atoms with E-state index in [9.17, 15) is 4.79 Å². The standard InChI is InChI=1S/C13H16BrNO2/c1-2-17-12(16)7-13(8-15-9-13)10-3-5-11(14)6-4-10/h3-6,15H,2,7-9H2,1H3. The molecule has 1 heterocycles. The van der Waals surface area contributed by atoms with Gasteiger partial charge >= 0.3 is 5.97 Å². The number of rotatable bonds is 4. The molecule has 0 spiro atoms. The molecule has 4 heteroatoms. The highest BCUT2D eigenvalue weighted by Gasteiger charge is 2.40. The maximum Gasteiger partial charge on any atom is 0.306 e. The summed E-state index contributed by atoms with van der Waals surface area (Å²) in [6.45, 7) is 3.97. The van der Waals surface area contributed by atoms with Crippen LogP contribution >= 0.6 is 15.9 Å². The molecule has 0 aromatic heterocycles. The Kier molecular flexibility index (Phi) is 3.84. The molecule has 1 aliphatic heterocycles. The Morgan fingerprint density at radius 2 is 2.06 bits per heavy atom. The molecule has 1 aliphatic rings. The Balaban J connectivity index is 2.14. The topological polar surface area (TPSA) is 38.3 Å². The molecule has 3 nitrogen and oxygen atoms in total. The van der Waals surface area contributed by atoms with Gasteiger partial charge in [-0.3, -0.25) is 4.79 Å². The van der Waals surface area contributed by atoms with E-state index in [2.05, 4.69) is 33.4 Å². The van der Waals surface area contributed by atoms with Gasteiger partial charge in [0.25, 0.3) is 0 Å². The number of carbonyl (C=O) groups is 1. The van der Waals surface area contributed by atoms with Crippen LogP contribution in [0.3, 0.4) is 0 Å². The fourth-order valence-electron chi connectivity index (χ4n) is 2.15. The van der Waals surface area contributed by atoms with Crippen molar-refractivity contribution in [3.63, 3.8) is 0 Å². The van der Waals surface area contributed by atoms with Crippen LogP contribution in [-0.4, -0.2) is 25.7 Å². The van der Waals surface area contributed by atoms with E-state index in [1.165, 1.54) is 5.56 Å². The van der Waals surface area contributed by atoms with Crippen LogP contribution < -0.4 is 5.32 Å². The Labute approximate surface area is 110 Å². The highest BCUT2D eigenvalue weighted by Crippen LogP contribution is 2.33. The summed E-state index contributed by atoms with van der Waals surface area (Å²) in [4.78, 5) is 11.6. The SMILES string of the molecule is CCOC(=O)CC1(c2ccc(Br)cc2)CNC1. The van der Waals surface area contributed by atoms with E-state index in [1.54, 1.807) is 0 Å². The first-order chi connectivity index (χ1) is 8.16. The highest BCUT2D eigenvalue weighted by atomic mass is 79.9. The lowest BCUT2D eigenvalue weighted by Gasteiger charge is -2.42. The summed E-state index contributed by atoms with van der Waals surface area (Å²) in [5, 5.41) is 3.24. The number of nitrogens with one attached hydrogen (secondary N) is 1. The average Bonchev–Trinajstić information content (AvgIpc) is 2.25. The van der Waals surface area contributed by atoms with Crippen molar-refractivity contribution in [3.8, 4) is 0 Å². The highest BCUT2D eigenvalue weighted by molar-refractivity contribution is 9.10. The van der Waals surface area contributed by atoms with Crippen molar-refractivity contribution >= 4 is 21.9 Å². The number of ether oxygens (including phenoxy) is 1. The van der Waals surface area contributed by atoms with Crippen molar-refractivity contribution in [2.45, 2.75) is 18.8 Å². The number of benzene rings is 1. The molecule has 92 valence electrons. The van der Waals surface area contributed by atoms with Gasteiger partial charge in [-0.05, 0) is 24.6 Å². The molecule has 1 N–H and O–H groups in total. The van der Waals surface area contributed by atoms with Gasteiger partial charge in [0.1, 0.15) is 0 Å². The van der Waals surface area contributed by atoms with Crippen LogP contribution in [0.2, 0.25) is 0 Å². The Morgan fingerprint density at radius 1 is 1.41 bits per heavy atom. The number of carbonyl (C=O) groups excluding carboxylic acids is 1. The van der Waals surface area contributed by atoms with Crippen LogP contribution in [0.25, 0.3) is 0 Å². The first-order valence-electron chi connectivity index (χ1n) is 5.79. The third kappa shape index (κ3) is 2.69. The van der Waals surface area contributed by atoms with E-state index in [0.717, 1.165) is 17.6 Å². The van der Waals surface area contributed by atoms with Gasteiger partial charge in [-0.15, -0.1) is 0 Å². The van der Waals surface area contributed by atoms with E-state index < -0.39 is 0 Å². The van der Waals surface area contributed by atoms with Gasteiger partial charge < -0.3 is 10.1 Å². The average molecular weight is 298 g/mol. The van der Waals surface area contributed by atoms with Gasteiger partial charge in [0.2, 0.25) is 0 Å². The minimum Gasteiger partial charge on any atom is -0.466 e. The maximum absolute atomic E-state index is 11.6. The quantitative estimate of drug-likeness (QED) is 0.866. The molecule has 0 bridgehead atoms. The second-order valence-corrected chi connectivity index (χ2v) is 5.29. The molecule has 1 aromatic rings. The molecular formula is C13H16BrNO2. The molecule has 2 rings (SSSR count). The lowest BCUT2D eigenvalue weighted by atomic mass is 9.73. The molecule has 1 saturated heterocycles. The zero-order valence-corrected chi connectivity index (χ0v) is 11.4. The van der Waals surface area contributed by atoms with Gasteiger partial charge in [-0.25, -0.2) is 0 Å². The largest absolute Gasteiger partial charge is 0.466 e. The van der Waals surface area contributed by atoms with Crippen LogP contribution in [0.1, 0.15) is 18.9 Å². The van der Waals surface area contributed by atoms with Crippen molar-refractivity contribution in [2.24, 2.45) is 0 Å². The second kappa shape index (κ2) is 5.19. The predicted octanol–water partition coefficient (Wildman–Crippen LogP) is 2.24. The van der Waals surface area contributed by atoms with E-state index in [-0.39, 0.29) is 11.4 Å². The lowest BCUT2D eigenvalue weighted by molar-refractivity contribution is -0.145. The molecular weight excluding hydrogens is 282 g/mol. The third-order valence-electron chi connectivity index (χ3n) is 3.17. The van der Waals surface area contributed by atoms with Crippen molar-refractivity contribution < 1.29 is 9.53 Å². The van der Waals surface area contributed by atoms with E-state index >= 15 is 0 Å². The Bertz CT molecular complexity index is 398. The minimum absolute atomic E-state index is 0.0764. The smallest absolute Gasteiger partial charge is 0.306 e. The molecule has 1 aromatic carbocycles. The molecule has 0 unspecified atom stereocenters. The normalized spacial score (nSPS) is 17.3. The third-order valence-corrected chi connectivity index (χ3v) is 3.70. The summed E-state index contributed by atoms with van der Waals surface area (Å²) in [7, 11) is 0. The predicted molar refractivity (Wildman–Crippen MR) is 69.9 cm³/mol. The molecule has 0 amide bonds. The minimum atomic E-state index is -0.114. The summed E-state index contributed by atoms with van der Waals surface area (Å²) in [6, 6.07) is 8.18. The monoisotopic (exact) mass is 297 g/mol. The molecule has 17 heavy (non-hydrogen) atoms. The van der Waals surface area contributed by atoms with Crippen molar-refractivity contribution in [1.29, 1.82) is 0 Å². The van der Waals surface area contributed by atoms with Gasteiger partial charge in [-0.1, -0.05) is 28.1 Å². The van der Waals surface area contributed by atoms with Crippen LogP contribution in [0.5, 0.6) is 0 Å². The van der Waals surface area contributed by atoms with Crippen molar-refractivity contribution in [1.82, 2.24) is 5.32 Å². The number of hydrogen-bond acceptors (Lipinski definition) is 3. The van der Waals surface area contributed by atoms with Crippen LogP contribution in [0.4, 0.5) is 0 Å². The fraction of sp³-hybridized carbons (Fsp3) is 0.462. The summed E-state index contributed by atoms with van der Waals surface area (Å²) in [5.41, 5.74) is 1.12. The first-order valence-corrected chi connectivity index (χ1v) is 6.58. The van der Waals surface area contributed by atoms with Crippen LogP contribution in [-0.2, 0) is 14.9 Å². The number of hydrogen-bond donors (Lipinski definition) is 1. The summed E-state index contributed by atoms with van der Waals surface area (Å²) in [5.74, 6) is -0.114. The van der Waals surface area contributed by atoms with E-state index in [1.807, 2.05) is 19.1 Å². The van der Waals surface area contributed by atoms with Gasteiger partial charge in [0, 0.05) is 23.0 Å². The van der Waals surface area contributed by atoms with Crippen molar-refractivity contribution in [3.05, 3.63) is 34.3 Å². The molecule has 0 saturated carbocycles. The molecule has 0 aliphatic carbocycles. The Morgan fingerprint density at radius 3 is 2.53 bits per heavy atom. The molecule has 0 atom stereocenters. The van der Waals surface area contributed by atoms with Crippen LogP contribution in [0.15, 0.2) is 28.7 Å². The van der Waals surface area contributed by atoms with Gasteiger partial charge in [0.05, 0.1) is 13.0 Å². The molecule has 0 radical (unpaired) electrons. The van der Waals surface area contributed by atoms with E-state index in [4.69, 9.17) is 4.74 Å². The Hall–Kier alpha value is -0.870. The van der Waals surface area contributed by atoms with Gasteiger partial charge in [0.15, 0.2) is 0 Å². The van der Waals surface area contributed by atoms with Gasteiger partial charge in [-0.2, -0.15) is 0 Å². The zero-order valence-electron chi connectivity index (χ0n) is 9.83. The maximum atomic E-state index is 11.6. The summed E-state index contributed by atoms with van der Waals surface area (Å²) >= 11 is 3.42. The van der Waals surface area contributed by atoms with Crippen LogP contribution in [0, 0.1) is 0 Å². The number of esters is 1. The second-order valence-electron chi connectivity index (χ2n) is 4.37. The van der Waals surface area contributed by atoms with E-state index in [0.29, 0.717) is 13.0 Å². The molecule has 1 fully saturated rings. The van der Waals surface area contributed by atoms with Crippen molar-refractivity contribution in [2.75, 3.05) is 19.7 Å². The summed E-state index contributed by atoms with van der Waals surface area (Å²) < 4.78 is 6.10.